The Kier molecular flexibility index (Phi) is 4.51. The van der Waals surface area contributed by atoms with Gasteiger partial charge in [-0.2, -0.15) is 0 Å². The van der Waals surface area contributed by atoms with Crippen LogP contribution in [0.4, 0.5) is 5.82 Å². The largest absolute Gasteiger partial charge is 0.355 e. The van der Waals surface area contributed by atoms with Crippen LogP contribution >= 0.6 is 0 Å². The van der Waals surface area contributed by atoms with E-state index in [2.05, 4.69) is 30.2 Å². The summed E-state index contributed by atoms with van der Waals surface area (Å²) in [5.41, 5.74) is 2.65. The Morgan fingerprint density at radius 1 is 1.19 bits per heavy atom. The van der Waals surface area contributed by atoms with E-state index in [1.54, 1.807) is 12.7 Å². The third-order valence-corrected chi connectivity index (χ3v) is 5.03. The van der Waals surface area contributed by atoms with Gasteiger partial charge in [-0.25, -0.2) is 15.0 Å². The zero-order valence-electron chi connectivity index (χ0n) is 14.7. The zero-order chi connectivity index (χ0) is 17.9. The molecule has 1 fully saturated rings. The minimum atomic E-state index is 0.0215. The van der Waals surface area contributed by atoms with Gasteiger partial charge in [0.1, 0.15) is 11.8 Å². The van der Waals surface area contributed by atoms with Crippen molar-refractivity contribution in [2.24, 2.45) is 5.92 Å². The van der Waals surface area contributed by atoms with Gasteiger partial charge in [-0.15, -0.1) is 0 Å². The molecule has 2 N–H and O–H groups in total. The Morgan fingerprint density at radius 3 is 2.73 bits per heavy atom. The average molecular weight is 350 g/mol. The zero-order valence-corrected chi connectivity index (χ0v) is 14.7. The molecule has 0 saturated carbocycles. The number of nitrogens with one attached hydrogen (secondary N) is 2. The van der Waals surface area contributed by atoms with Gasteiger partial charge >= 0.3 is 0 Å². The topological polar surface area (TPSA) is 86.8 Å². The maximum absolute atomic E-state index is 12.6. The van der Waals surface area contributed by atoms with Crippen LogP contribution in [-0.2, 0) is 4.79 Å². The van der Waals surface area contributed by atoms with Crippen LogP contribution in [0.1, 0.15) is 31.4 Å². The fourth-order valence-corrected chi connectivity index (χ4v) is 3.50. The van der Waals surface area contributed by atoms with Crippen molar-refractivity contribution >= 4 is 22.9 Å². The van der Waals surface area contributed by atoms with E-state index in [0.717, 1.165) is 42.8 Å². The summed E-state index contributed by atoms with van der Waals surface area (Å²) in [4.78, 5) is 30.7. The number of hydrogen-bond donors (Lipinski definition) is 2. The number of amides is 1. The van der Waals surface area contributed by atoms with Gasteiger partial charge in [-0.05, 0) is 25.3 Å². The maximum atomic E-state index is 12.6. The van der Waals surface area contributed by atoms with Crippen LogP contribution in [0.25, 0.3) is 11.2 Å². The van der Waals surface area contributed by atoms with E-state index in [4.69, 9.17) is 0 Å². The first-order valence-electron chi connectivity index (χ1n) is 8.96. The summed E-state index contributed by atoms with van der Waals surface area (Å²) in [5.74, 6) is 1.04. The van der Waals surface area contributed by atoms with Gasteiger partial charge in [-0.1, -0.05) is 30.3 Å². The number of imidazole rings is 1. The Hall–Kier alpha value is -2.96. The molecule has 1 amide bonds. The number of carbonyl (C=O) groups is 1. The van der Waals surface area contributed by atoms with Crippen molar-refractivity contribution < 1.29 is 4.79 Å². The number of hydrogen-bond acceptors (Lipinski definition) is 5. The summed E-state index contributed by atoms with van der Waals surface area (Å²) in [6.07, 6.45) is 4.80. The van der Waals surface area contributed by atoms with Crippen LogP contribution in [-0.4, -0.2) is 38.9 Å². The van der Waals surface area contributed by atoms with Crippen molar-refractivity contribution in [3.63, 3.8) is 0 Å². The maximum Gasteiger partial charge on any atom is 0.223 e. The quantitative estimate of drug-likeness (QED) is 0.755. The highest BCUT2D eigenvalue weighted by Crippen LogP contribution is 2.26. The van der Waals surface area contributed by atoms with E-state index in [1.807, 2.05) is 37.3 Å². The van der Waals surface area contributed by atoms with Crippen molar-refractivity contribution in [1.29, 1.82) is 0 Å². The molecule has 1 aliphatic rings. The minimum Gasteiger partial charge on any atom is -0.355 e. The predicted molar refractivity (Wildman–Crippen MR) is 99.6 cm³/mol. The molecule has 0 radical (unpaired) electrons. The van der Waals surface area contributed by atoms with Gasteiger partial charge in [0, 0.05) is 19.0 Å². The first-order chi connectivity index (χ1) is 12.7. The van der Waals surface area contributed by atoms with E-state index in [-0.39, 0.29) is 17.9 Å². The summed E-state index contributed by atoms with van der Waals surface area (Å²) in [7, 11) is 0. The van der Waals surface area contributed by atoms with Crippen molar-refractivity contribution in [2.75, 3.05) is 18.0 Å². The van der Waals surface area contributed by atoms with Crippen molar-refractivity contribution in [2.45, 2.75) is 25.8 Å². The first-order valence-corrected chi connectivity index (χ1v) is 8.96. The third kappa shape index (κ3) is 3.24. The van der Waals surface area contributed by atoms with Crippen molar-refractivity contribution in [1.82, 2.24) is 25.3 Å². The lowest BCUT2D eigenvalue weighted by Crippen LogP contribution is -2.41. The number of piperidine rings is 1. The molecule has 2 aromatic heterocycles. The fourth-order valence-electron chi connectivity index (χ4n) is 3.50. The Bertz CT molecular complexity index is 885. The Labute approximate surface area is 151 Å². The number of aromatic nitrogens is 4. The molecule has 7 nitrogen and oxygen atoms in total. The molecular weight excluding hydrogens is 328 g/mol. The molecule has 134 valence electrons. The number of fused-ring (bicyclic) bond motifs is 1. The van der Waals surface area contributed by atoms with E-state index >= 15 is 0 Å². The van der Waals surface area contributed by atoms with E-state index in [9.17, 15) is 4.79 Å². The molecule has 3 aromatic rings. The Balaban J connectivity index is 1.37. The molecule has 1 aliphatic heterocycles. The highest BCUT2D eigenvalue weighted by molar-refractivity contribution is 5.83. The minimum absolute atomic E-state index is 0.0215. The van der Waals surface area contributed by atoms with Gasteiger partial charge in [0.05, 0.1) is 12.4 Å². The molecule has 0 unspecified atom stereocenters. The standard InChI is InChI=1S/C19H22N6O/c1-13(14-5-3-2-4-6-14)24-19(26)15-7-9-25(10-8-15)18-16-17(21-11-20-16)22-12-23-18/h2-6,11-13,15H,7-10H2,1H3,(H,24,26)(H,20,21,22,23)/t13-/m0/s1. The number of rotatable bonds is 4. The predicted octanol–water partition coefficient (Wildman–Crippen LogP) is 2.45. The molecule has 1 atom stereocenters. The van der Waals surface area contributed by atoms with Crippen LogP contribution in [0.2, 0.25) is 0 Å². The molecule has 7 heteroatoms. The van der Waals surface area contributed by atoms with Gasteiger partial charge in [0.2, 0.25) is 5.91 Å². The molecule has 1 saturated heterocycles. The first kappa shape index (κ1) is 16.5. The van der Waals surface area contributed by atoms with Crippen molar-refractivity contribution in [3.8, 4) is 0 Å². The highest BCUT2D eigenvalue weighted by atomic mass is 16.1. The third-order valence-electron chi connectivity index (χ3n) is 5.03. The molecule has 0 bridgehead atoms. The van der Waals surface area contributed by atoms with Crippen LogP contribution in [0.3, 0.4) is 0 Å². The number of anilines is 1. The van der Waals surface area contributed by atoms with E-state index in [1.165, 1.54) is 0 Å². The lowest BCUT2D eigenvalue weighted by Gasteiger charge is -2.32. The lowest BCUT2D eigenvalue weighted by atomic mass is 9.95. The normalized spacial score (nSPS) is 16.6. The fraction of sp³-hybridized carbons (Fsp3) is 0.368. The molecule has 26 heavy (non-hydrogen) atoms. The average Bonchev–Trinajstić information content (AvgIpc) is 3.17. The number of H-pyrrole nitrogens is 1. The van der Waals surface area contributed by atoms with Gasteiger partial charge in [-0.3, -0.25) is 4.79 Å². The number of aromatic amines is 1. The molecule has 1 aromatic carbocycles. The molecule has 4 rings (SSSR count). The number of carbonyl (C=O) groups excluding carboxylic acids is 1. The summed E-state index contributed by atoms with van der Waals surface area (Å²) >= 11 is 0. The SMILES string of the molecule is C[C@H](NC(=O)C1CCN(c2ncnc3nc[nH]c23)CC1)c1ccccc1. The lowest BCUT2D eigenvalue weighted by molar-refractivity contribution is -0.126. The molecular formula is C19H22N6O. The Morgan fingerprint density at radius 2 is 1.96 bits per heavy atom. The number of benzene rings is 1. The smallest absolute Gasteiger partial charge is 0.223 e. The summed E-state index contributed by atoms with van der Waals surface area (Å²) < 4.78 is 0. The highest BCUT2D eigenvalue weighted by Gasteiger charge is 2.27. The monoisotopic (exact) mass is 350 g/mol. The van der Waals surface area contributed by atoms with Crippen LogP contribution in [0, 0.1) is 5.92 Å². The van der Waals surface area contributed by atoms with E-state index in [0.29, 0.717) is 5.65 Å². The van der Waals surface area contributed by atoms with Crippen LogP contribution in [0.5, 0.6) is 0 Å². The van der Waals surface area contributed by atoms with Gasteiger partial charge < -0.3 is 15.2 Å². The second-order valence-electron chi connectivity index (χ2n) is 6.70. The van der Waals surface area contributed by atoms with E-state index < -0.39 is 0 Å². The molecule has 0 spiro atoms. The molecule has 0 aliphatic carbocycles. The van der Waals surface area contributed by atoms with Gasteiger partial charge in [0.25, 0.3) is 0 Å². The summed E-state index contributed by atoms with van der Waals surface area (Å²) in [5, 5.41) is 3.15. The summed E-state index contributed by atoms with van der Waals surface area (Å²) in [6, 6.07) is 10.1. The van der Waals surface area contributed by atoms with Crippen LogP contribution in [0.15, 0.2) is 43.0 Å². The van der Waals surface area contributed by atoms with Crippen molar-refractivity contribution in [3.05, 3.63) is 48.5 Å². The second-order valence-corrected chi connectivity index (χ2v) is 6.70. The second kappa shape index (κ2) is 7.11. The number of nitrogens with zero attached hydrogens (tertiary/aromatic N) is 4. The van der Waals surface area contributed by atoms with Gasteiger partial charge in [0.15, 0.2) is 11.5 Å². The summed E-state index contributed by atoms with van der Waals surface area (Å²) in [6.45, 7) is 3.62. The van der Waals surface area contributed by atoms with Crippen LogP contribution < -0.4 is 10.2 Å². The molecule has 3 heterocycles.